The van der Waals surface area contributed by atoms with Crippen LogP contribution in [-0.2, 0) is 13.6 Å². The quantitative estimate of drug-likeness (QED) is 0.708. The Hall–Kier alpha value is -1.52. The topological polar surface area (TPSA) is 45.4 Å². The van der Waals surface area contributed by atoms with Crippen molar-refractivity contribution in [3.8, 4) is 0 Å². The van der Waals surface area contributed by atoms with Gasteiger partial charge in [-0.3, -0.25) is 9.67 Å². The number of aliphatic imine (C=N–C) groups is 1. The monoisotopic (exact) mass is 193 g/mol. The molecule has 0 amide bonds. The molecule has 2 rings (SSSR count). The maximum absolute atomic E-state index is 4.34. The number of nitrogens with one attached hydrogen (secondary N) is 1. The van der Waals surface area contributed by atoms with Crippen molar-refractivity contribution >= 4 is 5.96 Å². The van der Waals surface area contributed by atoms with Crippen molar-refractivity contribution in [1.82, 2.24) is 20.0 Å². The SMILES string of the molecule is CN1CCN=C1NCc1cnn(C)c1. The molecule has 14 heavy (non-hydrogen) atoms. The van der Waals surface area contributed by atoms with Crippen LogP contribution >= 0.6 is 0 Å². The lowest BCUT2D eigenvalue weighted by Gasteiger charge is -2.14. The molecule has 0 spiro atoms. The molecule has 1 N–H and O–H groups in total. The minimum Gasteiger partial charge on any atom is -0.352 e. The highest BCUT2D eigenvalue weighted by atomic mass is 15.3. The Balaban J connectivity index is 1.88. The Kier molecular flexibility index (Phi) is 2.39. The smallest absolute Gasteiger partial charge is 0.194 e. The van der Waals surface area contributed by atoms with Gasteiger partial charge in [-0.25, -0.2) is 0 Å². The molecule has 0 radical (unpaired) electrons. The number of hydrogen-bond acceptors (Lipinski definition) is 4. The molecule has 1 aliphatic rings. The number of aromatic nitrogens is 2. The van der Waals surface area contributed by atoms with E-state index in [-0.39, 0.29) is 0 Å². The molecule has 0 saturated heterocycles. The Morgan fingerprint density at radius 2 is 2.36 bits per heavy atom. The predicted octanol–water partition coefficient (Wildman–Crippen LogP) is -0.189. The number of nitrogens with zero attached hydrogens (tertiary/aromatic N) is 4. The first-order valence-corrected chi connectivity index (χ1v) is 4.72. The standard InChI is InChI=1S/C9H15N5/c1-13-4-3-10-9(13)11-5-8-6-12-14(2)7-8/h6-7H,3-5H2,1-2H3,(H,10,11). The summed E-state index contributed by atoms with van der Waals surface area (Å²) in [5, 5.41) is 7.39. The Morgan fingerprint density at radius 3 is 2.93 bits per heavy atom. The van der Waals surface area contributed by atoms with E-state index in [2.05, 4.69) is 20.3 Å². The number of guanidine groups is 1. The summed E-state index contributed by atoms with van der Waals surface area (Å²) in [6, 6.07) is 0. The summed E-state index contributed by atoms with van der Waals surface area (Å²) in [7, 11) is 3.96. The minimum absolute atomic E-state index is 0.789. The lowest BCUT2D eigenvalue weighted by molar-refractivity contribution is 0.534. The summed E-state index contributed by atoms with van der Waals surface area (Å²) in [6.07, 6.45) is 3.87. The molecule has 1 aromatic heterocycles. The van der Waals surface area contributed by atoms with Crippen LogP contribution < -0.4 is 5.32 Å². The van der Waals surface area contributed by atoms with Crippen molar-refractivity contribution in [2.45, 2.75) is 6.54 Å². The second-order valence-corrected chi connectivity index (χ2v) is 3.50. The highest BCUT2D eigenvalue weighted by molar-refractivity contribution is 5.81. The fraction of sp³-hybridized carbons (Fsp3) is 0.556. The van der Waals surface area contributed by atoms with Gasteiger partial charge in [0.25, 0.3) is 0 Å². The van der Waals surface area contributed by atoms with Gasteiger partial charge in [0, 0.05) is 38.9 Å². The Bertz CT molecular complexity index is 341. The van der Waals surface area contributed by atoms with Crippen LogP contribution in [0.5, 0.6) is 0 Å². The average molecular weight is 193 g/mol. The Labute approximate surface area is 83.4 Å². The van der Waals surface area contributed by atoms with E-state index in [0.717, 1.165) is 25.6 Å². The zero-order valence-electron chi connectivity index (χ0n) is 8.56. The van der Waals surface area contributed by atoms with Crippen LogP contribution in [0.1, 0.15) is 5.56 Å². The third-order valence-corrected chi connectivity index (χ3v) is 2.27. The van der Waals surface area contributed by atoms with E-state index < -0.39 is 0 Å². The molecule has 1 aromatic rings. The average Bonchev–Trinajstić information content (AvgIpc) is 2.72. The summed E-state index contributed by atoms with van der Waals surface area (Å²) in [4.78, 5) is 6.46. The lowest BCUT2D eigenvalue weighted by atomic mass is 10.4. The fourth-order valence-electron chi connectivity index (χ4n) is 1.47. The Morgan fingerprint density at radius 1 is 1.50 bits per heavy atom. The van der Waals surface area contributed by atoms with Gasteiger partial charge in [-0.15, -0.1) is 0 Å². The second-order valence-electron chi connectivity index (χ2n) is 3.50. The van der Waals surface area contributed by atoms with Gasteiger partial charge in [0.15, 0.2) is 5.96 Å². The number of rotatable bonds is 2. The fourth-order valence-corrected chi connectivity index (χ4v) is 1.47. The molecule has 0 aliphatic carbocycles. The van der Waals surface area contributed by atoms with E-state index in [9.17, 15) is 0 Å². The second kappa shape index (κ2) is 3.69. The lowest BCUT2D eigenvalue weighted by Crippen LogP contribution is -2.34. The summed E-state index contributed by atoms with van der Waals surface area (Å²) in [6.45, 7) is 2.69. The molecule has 5 nitrogen and oxygen atoms in total. The highest BCUT2D eigenvalue weighted by Crippen LogP contribution is 1.99. The van der Waals surface area contributed by atoms with Crippen LogP contribution in [0.4, 0.5) is 0 Å². The summed E-state index contributed by atoms with van der Waals surface area (Å²) >= 11 is 0. The van der Waals surface area contributed by atoms with Crippen LogP contribution in [0, 0.1) is 0 Å². The van der Waals surface area contributed by atoms with E-state index in [1.165, 1.54) is 5.56 Å². The van der Waals surface area contributed by atoms with Crippen molar-refractivity contribution in [3.05, 3.63) is 18.0 Å². The van der Waals surface area contributed by atoms with Gasteiger partial charge in [0.1, 0.15) is 0 Å². The van der Waals surface area contributed by atoms with Gasteiger partial charge < -0.3 is 10.2 Å². The summed E-state index contributed by atoms with van der Waals surface area (Å²) in [5.41, 5.74) is 1.18. The summed E-state index contributed by atoms with van der Waals surface area (Å²) in [5.74, 6) is 0.980. The van der Waals surface area contributed by atoms with Crippen molar-refractivity contribution in [3.63, 3.8) is 0 Å². The minimum atomic E-state index is 0.789. The summed E-state index contributed by atoms with van der Waals surface area (Å²) < 4.78 is 1.80. The third kappa shape index (κ3) is 1.86. The molecule has 0 atom stereocenters. The van der Waals surface area contributed by atoms with Crippen molar-refractivity contribution < 1.29 is 0 Å². The van der Waals surface area contributed by atoms with Crippen molar-refractivity contribution in [1.29, 1.82) is 0 Å². The number of hydrogen-bond donors (Lipinski definition) is 1. The van der Waals surface area contributed by atoms with Crippen LogP contribution in [-0.4, -0.2) is 40.8 Å². The van der Waals surface area contributed by atoms with Gasteiger partial charge >= 0.3 is 0 Å². The largest absolute Gasteiger partial charge is 0.352 e. The molecule has 76 valence electrons. The zero-order chi connectivity index (χ0) is 9.97. The molecule has 1 aliphatic heterocycles. The molecular formula is C9H15N5. The molecule has 5 heteroatoms. The van der Waals surface area contributed by atoms with Crippen LogP contribution in [0.15, 0.2) is 17.4 Å². The molecule has 0 unspecified atom stereocenters. The zero-order valence-corrected chi connectivity index (χ0v) is 8.56. The van der Waals surface area contributed by atoms with Gasteiger partial charge in [0.05, 0.1) is 12.7 Å². The van der Waals surface area contributed by atoms with Gasteiger partial charge in [-0.05, 0) is 0 Å². The van der Waals surface area contributed by atoms with Gasteiger partial charge in [0.2, 0.25) is 0 Å². The van der Waals surface area contributed by atoms with Crippen LogP contribution in [0.3, 0.4) is 0 Å². The van der Waals surface area contributed by atoms with E-state index in [0.29, 0.717) is 0 Å². The van der Waals surface area contributed by atoms with Crippen LogP contribution in [0.25, 0.3) is 0 Å². The van der Waals surface area contributed by atoms with Crippen molar-refractivity contribution in [2.75, 3.05) is 20.1 Å². The molecule has 2 heterocycles. The van der Waals surface area contributed by atoms with E-state index >= 15 is 0 Å². The van der Waals surface area contributed by atoms with Crippen molar-refractivity contribution in [2.24, 2.45) is 12.0 Å². The predicted molar refractivity (Wildman–Crippen MR) is 55.0 cm³/mol. The molecule has 0 saturated carbocycles. The first kappa shape index (κ1) is 9.05. The van der Waals surface area contributed by atoms with E-state index in [1.54, 1.807) is 4.68 Å². The van der Waals surface area contributed by atoms with E-state index in [4.69, 9.17) is 0 Å². The molecule has 0 fully saturated rings. The van der Waals surface area contributed by atoms with Gasteiger partial charge in [-0.1, -0.05) is 0 Å². The molecule has 0 bridgehead atoms. The molecule has 0 aromatic carbocycles. The van der Waals surface area contributed by atoms with E-state index in [1.807, 2.05) is 26.5 Å². The normalized spacial score (nSPS) is 15.9. The van der Waals surface area contributed by atoms with Crippen LogP contribution in [0.2, 0.25) is 0 Å². The first-order valence-electron chi connectivity index (χ1n) is 4.72. The highest BCUT2D eigenvalue weighted by Gasteiger charge is 2.11. The maximum Gasteiger partial charge on any atom is 0.194 e. The number of likely N-dealkylation sites (N-methyl/N-ethyl adjacent to an activating group) is 1. The third-order valence-electron chi connectivity index (χ3n) is 2.27. The number of aryl methyl sites for hydroxylation is 1. The first-order chi connectivity index (χ1) is 6.75. The maximum atomic E-state index is 4.34. The van der Waals surface area contributed by atoms with Gasteiger partial charge in [-0.2, -0.15) is 5.10 Å². The molecular weight excluding hydrogens is 178 g/mol.